The average Bonchev–Trinajstić information content (AvgIpc) is 2.73. The van der Waals surface area contributed by atoms with Gasteiger partial charge < -0.3 is 19.3 Å². The molecule has 0 aliphatic heterocycles. The van der Waals surface area contributed by atoms with E-state index < -0.39 is 5.97 Å². The van der Waals surface area contributed by atoms with Gasteiger partial charge in [0.15, 0.2) is 0 Å². The average molecular weight is 392 g/mol. The van der Waals surface area contributed by atoms with Gasteiger partial charge in [0.05, 0.1) is 19.4 Å². The van der Waals surface area contributed by atoms with Crippen LogP contribution < -0.4 is 9.47 Å². The van der Waals surface area contributed by atoms with Crippen LogP contribution in [0.2, 0.25) is 0 Å². The van der Waals surface area contributed by atoms with Gasteiger partial charge in [0.1, 0.15) is 24.3 Å². The lowest BCUT2D eigenvalue weighted by Crippen LogP contribution is -2.06. The summed E-state index contributed by atoms with van der Waals surface area (Å²) < 4.78 is 16.4. The lowest BCUT2D eigenvalue weighted by molar-refractivity contribution is -0.130. The number of nitrogens with zero attached hydrogens (tertiary/aromatic N) is 2. The minimum atomic E-state index is -1.09. The van der Waals surface area contributed by atoms with Gasteiger partial charge in [0.2, 0.25) is 11.8 Å². The van der Waals surface area contributed by atoms with Crippen molar-refractivity contribution >= 4 is 11.5 Å². The molecule has 0 unspecified atom stereocenters. The lowest BCUT2D eigenvalue weighted by atomic mass is 10.0. The van der Waals surface area contributed by atoms with Gasteiger partial charge in [-0.25, -0.2) is 14.8 Å². The van der Waals surface area contributed by atoms with Crippen molar-refractivity contribution in [3.63, 3.8) is 0 Å². The molecule has 3 aromatic rings. The van der Waals surface area contributed by atoms with E-state index in [1.165, 1.54) is 19.7 Å². The van der Waals surface area contributed by atoms with E-state index in [4.69, 9.17) is 14.2 Å². The molecule has 0 amide bonds. The van der Waals surface area contributed by atoms with Gasteiger partial charge in [-0.3, -0.25) is 0 Å². The zero-order valence-corrected chi connectivity index (χ0v) is 16.0. The normalized spacial score (nSPS) is 11.0. The van der Waals surface area contributed by atoms with Crippen LogP contribution in [0.25, 0.3) is 5.57 Å². The molecular weight excluding hydrogens is 372 g/mol. The fourth-order valence-electron chi connectivity index (χ4n) is 2.65. The Morgan fingerprint density at radius 1 is 1.07 bits per heavy atom. The molecule has 29 heavy (non-hydrogen) atoms. The molecule has 0 aliphatic rings. The molecule has 1 aromatic heterocycles. The standard InChI is InChI=1S/C22H20N2O5/c1-15-7-3-6-10-19(15)29-21-11-20(23-14-24-21)28-12-16-8-4-5-9-17(16)18(13-27-2)22(25)26/h3-11,13-14H,12H2,1-2H3,(H,25,26)/b18-13+. The van der Waals surface area contributed by atoms with Crippen LogP contribution in [0.4, 0.5) is 0 Å². The predicted molar refractivity (Wildman–Crippen MR) is 107 cm³/mol. The maximum atomic E-state index is 11.5. The van der Waals surface area contributed by atoms with Gasteiger partial charge in [-0.2, -0.15) is 0 Å². The maximum Gasteiger partial charge on any atom is 0.339 e. The third-order valence-corrected chi connectivity index (χ3v) is 4.07. The molecule has 1 heterocycles. The monoisotopic (exact) mass is 392 g/mol. The second kappa shape index (κ2) is 9.36. The summed E-state index contributed by atoms with van der Waals surface area (Å²) in [6, 6.07) is 16.2. The van der Waals surface area contributed by atoms with E-state index in [0.717, 1.165) is 5.56 Å². The summed E-state index contributed by atoms with van der Waals surface area (Å²) in [6.07, 6.45) is 2.54. The summed E-state index contributed by atoms with van der Waals surface area (Å²) in [4.78, 5) is 19.7. The Morgan fingerprint density at radius 2 is 1.79 bits per heavy atom. The Morgan fingerprint density at radius 3 is 2.55 bits per heavy atom. The fourth-order valence-corrected chi connectivity index (χ4v) is 2.65. The van der Waals surface area contributed by atoms with Crippen molar-refractivity contribution in [2.24, 2.45) is 0 Å². The van der Waals surface area contributed by atoms with Crippen molar-refractivity contribution in [2.45, 2.75) is 13.5 Å². The van der Waals surface area contributed by atoms with Crippen LogP contribution in [0.1, 0.15) is 16.7 Å². The number of hydrogen-bond acceptors (Lipinski definition) is 6. The molecule has 0 fully saturated rings. The molecule has 0 radical (unpaired) electrons. The number of aromatic nitrogens is 2. The highest BCUT2D eigenvalue weighted by Crippen LogP contribution is 2.25. The molecule has 7 heteroatoms. The van der Waals surface area contributed by atoms with Gasteiger partial charge >= 0.3 is 5.97 Å². The molecule has 7 nitrogen and oxygen atoms in total. The van der Waals surface area contributed by atoms with E-state index in [9.17, 15) is 9.90 Å². The molecule has 0 atom stereocenters. The first-order valence-corrected chi connectivity index (χ1v) is 8.81. The van der Waals surface area contributed by atoms with E-state index in [2.05, 4.69) is 9.97 Å². The number of carbonyl (C=O) groups is 1. The smallest absolute Gasteiger partial charge is 0.339 e. The summed E-state index contributed by atoms with van der Waals surface area (Å²) in [5.74, 6) is 0.266. The second-order valence-electron chi connectivity index (χ2n) is 6.08. The second-order valence-corrected chi connectivity index (χ2v) is 6.08. The molecule has 148 valence electrons. The van der Waals surface area contributed by atoms with Crippen LogP contribution in [-0.4, -0.2) is 28.2 Å². The van der Waals surface area contributed by atoms with E-state index in [1.54, 1.807) is 30.3 Å². The van der Waals surface area contributed by atoms with Crippen LogP contribution in [-0.2, 0) is 16.1 Å². The molecule has 1 N–H and O–H groups in total. The Hall–Kier alpha value is -3.87. The van der Waals surface area contributed by atoms with Crippen molar-refractivity contribution in [1.29, 1.82) is 0 Å². The van der Waals surface area contributed by atoms with Crippen LogP contribution in [0, 0.1) is 6.92 Å². The number of aryl methyl sites for hydroxylation is 1. The number of hydrogen-bond donors (Lipinski definition) is 1. The van der Waals surface area contributed by atoms with Crippen LogP contribution in [0.15, 0.2) is 67.2 Å². The topological polar surface area (TPSA) is 90.8 Å². The van der Waals surface area contributed by atoms with E-state index in [1.807, 2.05) is 31.2 Å². The minimum absolute atomic E-state index is 0.0398. The quantitative estimate of drug-likeness (QED) is 0.453. The van der Waals surface area contributed by atoms with Crippen molar-refractivity contribution < 1.29 is 24.1 Å². The number of carboxylic acid groups (broad SMARTS) is 1. The van der Waals surface area contributed by atoms with Gasteiger partial charge in [0, 0.05) is 0 Å². The Labute approximate surface area is 168 Å². The largest absolute Gasteiger partial charge is 0.503 e. The molecule has 3 rings (SSSR count). The number of rotatable bonds is 8. The van der Waals surface area contributed by atoms with Gasteiger partial charge in [0.25, 0.3) is 0 Å². The highest BCUT2D eigenvalue weighted by Gasteiger charge is 2.15. The molecule has 0 spiro atoms. The first-order valence-electron chi connectivity index (χ1n) is 8.81. The third-order valence-electron chi connectivity index (χ3n) is 4.07. The number of aliphatic carboxylic acids is 1. The zero-order chi connectivity index (χ0) is 20.6. The van der Waals surface area contributed by atoms with Crippen molar-refractivity contribution in [3.8, 4) is 17.5 Å². The molecule has 0 saturated carbocycles. The molecular formula is C22H20N2O5. The first kappa shape index (κ1) is 19.9. The molecule has 0 saturated heterocycles. The number of methoxy groups -OCH3 is 1. The summed E-state index contributed by atoms with van der Waals surface area (Å²) >= 11 is 0. The minimum Gasteiger partial charge on any atom is -0.503 e. The van der Waals surface area contributed by atoms with E-state index in [0.29, 0.717) is 28.6 Å². The van der Waals surface area contributed by atoms with Crippen LogP contribution >= 0.6 is 0 Å². The van der Waals surface area contributed by atoms with E-state index >= 15 is 0 Å². The van der Waals surface area contributed by atoms with Gasteiger partial charge in [-0.15, -0.1) is 0 Å². The zero-order valence-electron chi connectivity index (χ0n) is 16.0. The Balaban J connectivity index is 1.77. The number of ether oxygens (including phenoxy) is 3. The summed E-state index contributed by atoms with van der Waals surface area (Å²) in [5.41, 5.74) is 2.21. The van der Waals surface area contributed by atoms with Crippen molar-refractivity contribution in [3.05, 3.63) is 83.9 Å². The van der Waals surface area contributed by atoms with E-state index in [-0.39, 0.29) is 12.2 Å². The van der Waals surface area contributed by atoms with Crippen molar-refractivity contribution in [2.75, 3.05) is 7.11 Å². The van der Waals surface area contributed by atoms with Gasteiger partial charge in [-0.05, 0) is 29.7 Å². The molecule has 0 bridgehead atoms. The van der Waals surface area contributed by atoms with Crippen molar-refractivity contribution in [1.82, 2.24) is 9.97 Å². The first-order chi connectivity index (χ1) is 14.1. The summed E-state index contributed by atoms with van der Waals surface area (Å²) in [7, 11) is 1.40. The summed E-state index contributed by atoms with van der Waals surface area (Å²) in [6.45, 7) is 2.06. The molecule has 0 aliphatic carbocycles. The Kier molecular flexibility index (Phi) is 6.42. The Bertz CT molecular complexity index is 1030. The number of para-hydroxylation sites is 1. The highest BCUT2D eigenvalue weighted by atomic mass is 16.5. The molecule has 2 aromatic carbocycles. The highest BCUT2D eigenvalue weighted by molar-refractivity contribution is 6.15. The van der Waals surface area contributed by atoms with Gasteiger partial charge in [-0.1, -0.05) is 42.5 Å². The maximum absolute atomic E-state index is 11.5. The third kappa shape index (κ3) is 5.10. The van der Waals surface area contributed by atoms with Crippen LogP contribution in [0.5, 0.6) is 17.5 Å². The van der Waals surface area contributed by atoms with Crippen LogP contribution in [0.3, 0.4) is 0 Å². The number of benzene rings is 2. The SMILES string of the molecule is CO/C=C(/C(=O)O)c1ccccc1COc1cc(Oc2ccccc2C)ncn1. The fraction of sp³-hybridized carbons (Fsp3) is 0.136. The lowest BCUT2D eigenvalue weighted by Gasteiger charge is -2.12. The number of carboxylic acids is 1. The summed E-state index contributed by atoms with van der Waals surface area (Å²) in [5, 5.41) is 9.44. The predicted octanol–water partition coefficient (Wildman–Crippen LogP) is 4.23.